The molecule has 0 saturated heterocycles. The Morgan fingerprint density at radius 1 is 1.06 bits per heavy atom. The van der Waals surface area contributed by atoms with E-state index in [0.29, 0.717) is 32.8 Å². The molecule has 0 aliphatic carbocycles. The van der Waals surface area contributed by atoms with Crippen LogP contribution in [0.25, 0.3) is 0 Å². The predicted octanol–water partition coefficient (Wildman–Crippen LogP) is 5.04. The Labute approximate surface area is 194 Å². The van der Waals surface area contributed by atoms with Gasteiger partial charge in [0.25, 0.3) is 11.8 Å². The number of nitrogens with two attached hydrogens (primary N) is 1. The van der Waals surface area contributed by atoms with Crippen molar-refractivity contribution < 1.29 is 9.59 Å². The van der Waals surface area contributed by atoms with Crippen LogP contribution in [-0.4, -0.2) is 16.8 Å². The number of nitrogens with zero attached hydrogens (tertiary/aromatic N) is 2. The number of benzene rings is 2. The second kappa shape index (κ2) is 9.20. The maximum atomic E-state index is 12.8. The fraction of sp³-hybridized carbons (Fsp3) is 0.167. The Morgan fingerprint density at radius 2 is 1.78 bits per heavy atom. The molecular weight excluding hydrogens is 470 g/mol. The summed E-state index contributed by atoms with van der Waals surface area (Å²) in [6.45, 7) is 5.40. The minimum absolute atomic E-state index is 0.325. The van der Waals surface area contributed by atoms with Crippen LogP contribution in [0.1, 0.15) is 45.7 Å². The molecule has 0 radical (unpaired) electrons. The Bertz CT molecular complexity index is 1250. The van der Waals surface area contributed by atoms with E-state index in [4.69, 9.17) is 5.73 Å². The number of anilines is 3. The molecule has 3 rings (SSSR count). The Morgan fingerprint density at radius 3 is 2.47 bits per heavy atom. The van der Waals surface area contributed by atoms with E-state index in [1.54, 1.807) is 56.3 Å². The monoisotopic (exact) mass is 491 g/mol. The summed E-state index contributed by atoms with van der Waals surface area (Å²) >= 11 is 3.29. The number of nitrogen functional groups attached to an aromatic ring is 1. The van der Waals surface area contributed by atoms with E-state index >= 15 is 0 Å². The first-order valence-corrected chi connectivity index (χ1v) is 10.6. The van der Waals surface area contributed by atoms with E-state index in [-0.39, 0.29) is 11.8 Å². The highest BCUT2D eigenvalue weighted by Gasteiger charge is 2.21. The van der Waals surface area contributed by atoms with Gasteiger partial charge < -0.3 is 16.4 Å². The minimum atomic E-state index is -0.711. The summed E-state index contributed by atoms with van der Waals surface area (Å²) < 4.78 is 0.579. The van der Waals surface area contributed by atoms with Crippen LogP contribution in [0.2, 0.25) is 0 Å². The number of rotatable bonds is 5. The van der Waals surface area contributed by atoms with Crippen molar-refractivity contribution in [1.82, 2.24) is 4.98 Å². The average Bonchev–Trinajstić information content (AvgIpc) is 2.77. The van der Waals surface area contributed by atoms with Gasteiger partial charge in [-0.15, -0.1) is 0 Å². The Hall–Kier alpha value is -3.70. The topological polar surface area (TPSA) is 121 Å². The first kappa shape index (κ1) is 23.0. The molecule has 162 valence electrons. The number of pyridine rings is 1. The van der Waals surface area contributed by atoms with Gasteiger partial charge in [-0.2, -0.15) is 5.26 Å². The van der Waals surface area contributed by atoms with Crippen LogP contribution in [0.15, 0.2) is 59.2 Å². The van der Waals surface area contributed by atoms with Crippen molar-refractivity contribution in [2.75, 3.05) is 16.4 Å². The van der Waals surface area contributed by atoms with E-state index < -0.39 is 5.41 Å². The number of hydrogen-bond acceptors (Lipinski definition) is 5. The van der Waals surface area contributed by atoms with Crippen molar-refractivity contribution in [3.63, 3.8) is 0 Å². The third kappa shape index (κ3) is 5.13. The number of nitriles is 1. The van der Waals surface area contributed by atoms with Gasteiger partial charge in [0.2, 0.25) is 0 Å². The van der Waals surface area contributed by atoms with E-state index in [1.165, 1.54) is 6.20 Å². The van der Waals surface area contributed by atoms with E-state index in [2.05, 4.69) is 37.6 Å². The highest BCUT2D eigenvalue weighted by molar-refractivity contribution is 9.10. The number of amides is 2. The second-order valence-corrected chi connectivity index (χ2v) is 8.70. The highest BCUT2D eigenvalue weighted by Crippen LogP contribution is 2.24. The van der Waals surface area contributed by atoms with Gasteiger partial charge in [0.15, 0.2) is 0 Å². The van der Waals surface area contributed by atoms with Crippen molar-refractivity contribution in [1.29, 1.82) is 5.26 Å². The highest BCUT2D eigenvalue weighted by atomic mass is 79.9. The molecule has 1 heterocycles. The van der Waals surface area contributed by atoms with Crippen molar-refractivity contribution in [2.24, 2.45) is 0 Å². The van der Waals surface area contributed by atoms with Crippen molar-refractivity contribution in [3.8, 4) is 6.07 Å². The summed E-state index contributed by atoms with van der Waals surface area (Å²) in [4.78, 5) is 29.6. The van der Waals surface area contributed by atoms with Gasteiger partial charge in [-0.25, -0.2) is 4.98 Å². The molecule has 0 atom stereocenters. The van der Waals surface area contributed by atoms with Crippen LogP contribution in [0.3, 0.4) is 0 Å². The minimum Gasteiger partial charge on any atom is -0.383 e. The van der Waals surface area contributed by atoms with Crippen LogP contribution in [0, 0.1) is 18.3 Å². The molecule has 32 heavy (non-hydrogen) atoms. The third-order valence-corrected chi connectivity index (χ3v) is 5.63. The van der Waals surface area contributed by atoms with Crippen LogP contribution >= 0.6 is 15.9 Å². The second-order valence-electron chi connectivity index (χ2n) is 7.85. The zero-order valence-electron chi connectivity index (χ0n) is 17.9. The molecule has 0 spiro atoms. The van der Waals surface area contributed by atoms with Gasteiger partial charge in [0, 0.05) is 16.8 Å². The molecule has 0 fully saturated rings. The lowest BCUT2D eigenvalue weighted by Gasteiger charge is -2.16. The number of halogens is 1. The first-order chi connectivity index (χ1) is 15.1. The fourth-order valence-corrected chi connectivity index (χ4v) is 3.33. The zero-order valence-corrected chi connectivity index (χ0v) is 19.4. The molecule has 2 aromatic carbocycles. The number of aromatic nitrogens is 1. The number of hydrogen-bond donors (Lipinski definition) is 3. The summed E-state index contributed by atoms with van der Waals surface area (Å²) in [7, 11) is 0. The van der Waals surface area contributed by atoms with E-state index in [0.717, 1.165) is 11.1 Å². The van der Waals surface area contributed by atoms with E-state index in [1.807, 2.05) is 13.0 Å². The number of carbonyl (C=O) groups excluding carboxylic acids is 2. The lowest BCUT2D eigenvalue weighted by atomic mass is 9.85. The Kier molecular flexibility index (Phi) is 6.61. The normalized spacial score (nSPS) is 10.8. The summed E-state index contributed by atoms with van der Waals surface area (Å²) in [6, 6.07) is 16.0. The maximum absolute atomic E-state index is 12.8. The molecule has 0 saturated carbocycles. The smallest absolute Gasteiger partial charge is 0.256 e. The van der Waals surface area contributed by atoms with E-state index in [9.17, 15) is 14.9 Å². The van der Waals surface area contributed by atoms with Gasteiger partial charge in [0.1, 0.15) is 5.82 Å². The lowest BCUT2D eigenvalue weighted by molar-refractivity contribution is 0.101. The zero-order chi connectivity index (χ0) is 23.5. The summed E-state index contributed by atoms with van der Waals surface area (Å²) in [5, 5.41) is 15.0. The van der Waals surface area contributed by atoms with Crippen molar-refractivity contribution in [2.45, 2.75) is 26.2 Å². The van der Waals surface area contributed by atoms with Gasteiger partial charge in [-0.3, -0.25) is 9.59 Å². The van der Waals surface area contributed by atoms with Gasteiger partial charge in [-0.05, 0) is 78.2 Å². The molecule has 8 heteroatoms. The molecule has 0 bridgehead atoms. The first-order valence-electron chi connectivity index (χ1n) is 9.77. The van der Waals surface area contributed by atoms with Gasteiger partial charge in [0.05, 0.1) is 27.8 Å². The average molecular weight is 492 g/mol. The SMILES string of the molecule is Cc1ccc(NC(=O)c2cccc(C(C)(C)C#N)c2)cc1C(=O)Nc1cnc(N)c(Br)c1. The standard InChI is InChI=1S/C24H22BrN5O2/c1-14-7-8-17(10-19(14)23(32)30-18-11-20(25)21(27)28-12-18)29-22(31)15-5-4-6-16(9-15)24(2,3)13-26/h4-12H,1-3H3,(H2,27,28)(H,29,31)(H,30,32). The number of aryl methyl sites for hydroxylation is 1. The summed E-state index contributed by atoms with van der Waals surface area (Å²) in [6.07, 6.45) is 1.47. The molecule has 4 N–H and O–H groups in total. The number of carbonyl (C=O) groups is 2. The van der Waals surface area contributed by atoms with Gasteiger partial charge >= 0.3 is 0 Å². The molecule has 2 amide bonds. The molecular formula is C24H22BrN5O2. The number of nitrogens with one attached hydrogen (secondary N) is 2. The van der Waals surface area contributed by atoms with Crippen LogP contribution in [-0.2, 0) is 5.41 Å². The largest absolute Gasteiger partial charge is 0.383 e. The van der Waals surface area contributed by atoms with Crippen molar-refractivity contribution >= 4 is 44.9 Å². The summed E-state index contributed by atoms with van der Waals surface area (Å²) in [5.74, 6) is -0.344. The van der Waals surface area contributed by atoms with Crippen LogP contribution in [0.4, 0.5) is 17.2 Å². The fourth-order valence-electron chi connectivity index (χ4n) is 2.98. The third-order valence-electron chi connectivity index (χ3n) is 4.99. The lowest BCUT2D eigenvalue weighted by Crippen LogP contribution is -2.18. The molecule has 0 aliphatic heterocycles. The van der Waals surface area contributed by atoms with Crippen LogP contribution < -0.4 is 16.4 Å². The van der Waals surface area contributed by atoms with Crippen LogP contribution in [0.5, 0.6) is 0 Å². The molecule has 3 aromatic rings. The molecule has 1 aromatic heterocycles. The molecule has 0 unspecified atom stereocenters. The predicted molar refractivity (Wildman–Crippen MR) is 129 cm³/mol. The van der Waals surface area contributed by atoms with Crippen molar-refractivity contribution in [3.05, 3.63) is 81.5 Å². The quantitative estimate of drug-likeness (QED) is 0.461. The maximum Gasteiger partial charge on any atom is 0.256 e. The Balaban J connectivity index is 1.80. The molecule has 7 nitrogen and oxygen atoms in total. The van der Waals surface area contributed by atoms with Gasteiger partial charge in [-0.1, -0.05) is 18.2 Å². The molecule has 0 aliphatic rings. The summed E-state index contributed by atoms with van der Waals surface area (Å²) in [5.41, 5.74) is 8.28.